The Bertz CT molecular complexity index is 623. The summed E-state index contributed by atoms with van der Waals surface area (Å²) in [5, 5.41) is 4.38. The fourth-order valence-electron chi connectivity index (χ4n) is 2.42. The molecule has 6 heteroatoms. The van der Waals surface area contributed by atoms with Crippen molar-refractivity contribution < 1.29 is 0 Å². The lowest BCUT2D eigenvalue weighted by Crippen LogP contribution is -2.41. The van der Waals surface area contributed by atoms with Crippen molar-refractivity contribution in [2.24, 2.45) is 5.41 Å². The van der Waals surface area contributed by atoms with Gasteiger partial charge in [-0.15, -0.1) is 0 Å². The third-order valence-corrected chi connectivity index (χ3v) is 3.77. The van der Waals surface area contributed by atoms with Crippen molar-refractivity contribution in [2.75, 3.05) is 31.7 Å². The molecule has 0 spiro atoms. The fourth-order valence-corrected chi connectivity index (χ4v) is 2.42. The van der Waals surface area contributed by atoms with Gasteiger partial charge in [-0.2, -0.15) is 0 Å². The van der Waals surface area contributed by atoms with E-state index in [1.54, 1.807) is 6.07 Å². The van der Waals surface area contributed by atoms with Gasteiger partial charge in [0.15, 0.2) is 5.65 Å². The number of nitrogens with two attached hydrogens (primary N) is 1. The van der Waals surface area contributed by atoms with E-state index in [0.717, 1.165) is 17.7 Å². The standard InChI is InChI=1S/C15H24N6/c1-10(15(2,3)8-21(4)5)19-13-11-6-7-12(16)20-14(11)18-9-17-13/h6-7,9-10H,8H2,1-5H3,(H3,16,17,18,19,20)/t10-/m0/s1. The predicted molar refractivity (Wildman–Crippen MR) is 87.2 cm³/mol. The summed E-state index contributed by atoms with van der Waals surface area (Å²) in [6, 6.07) is 3.92. The molecule has 0 saturated heterocycles. The van der Waals surface area contributed by atoms with E-state index in [1.807, 2.05) is 6.07 Å². The van der Waals surface area contributed by atoms with Crippen molar-refractivity contribution >= 4 is 22.7 Å². The van der Waals surface area contributed by atoms with Crippen molar-refractivity contribution in [3.05, 3.63) is 18.5 Å². The topological polar surface area (TPSA) is 80.0 Å². The van der Waals surface area contributed by atoms with Gasteiger partial charge in [0.25, 0.3) is 0 Å². The highest BCUT2D eigenvalue weighted by Crippen LogP contribution is 2.26. The van der Waals surface area contributed by atoms with Gasteiger partial charge in [-0.1, -0.05) is 13.8 Å². The number of fused-ring (bicyclic) bond motifs is 1. The minimum Gasteiger partial charge on any atom is -0.384 e. The van der Waals surface area contributed by atoms with Crippen LogP contribution in [0, 0.1) is 5.41 Å². The number of nitrogen functional groups attached to an aromatic ring is 1. The van der Waals surface area contributed by atoms with E-state index < -0.39 is 0 Å². The number of rotatable bonds is 5. The summed E-state index contributed by atoms with van der Waals surface area (Å²) in [5.74, 6) is 1.26. The van der Waals surface area contributed by atoms with Gasteiger partial charge in [0.1, 0.15) is 18.0 Å². The van der Waals surface area contributed by atoms with E-state index in [-0.39, 0.29) is 11.5 Å². The Hall–Kier alpha value is -1.95. The Morgan fingerprint density at radius 2 is 2.00 bits per heavy atom. The Morgan fingerprint density at radius 1 is 1.29 bits per heavy atom. The SMILES string of the molecule is C[C@H](Nc1ncnc2nc(N)ccc12)C(C)(C)CN(C)C. The van der Waals surface area contributed by atoms with E-state index in [0.29, 0.717) is 11.5 Å². The number of aromatic nitrogens is 3. The molecule has 0 aliphatic heterocycles. The maximum atomic E-state index is 5.70. The van der Waals surface area contributed by atoms with E-state index in [9.17, 15) is 0 Å². The predicted octanol–water partition coefficient (Wildman–Crippen LogP) is 2.00. The molecule has 0 fully saturated rings. The molecule has 1 atom stereocenters. The molecule has 3 N–H and O–H groups in total. The molecule has 0 aliphatic carbocycles. The molecule has 0 saturated carbocycles. The zero-order valence-corrected chi connectivity index (χ0v) is 13.4. The zero-order valence-electron chi connectivity index (χ0n) is 13.4. The molecule has 2 aromatic rings. The van der Waals surface area contributed by atoms with Crippen molar-refractivity contribution in [1.29, 1.82) is 0 Å². The number of hydrogen-bond acceptors (Lipinski definition) is 6. The summed E-state index contributed by atoms with van der Waals surface area (Å²) in [6.07, 6.45) is 1.52. The Morgan fingerprint density at radius 3 is 2.67 bits per heavy atom. The average molecular weight is 288 g/mol. The van der Waals surface area contributed by atoms with Gasteiger partial charge in [-0.3, -0.25) is 0 Å². The largest absolute Gasteiger partial charge is 0.384 e. The molecule has 114 valence electrons. The summed E-state index contributed by atoms with van der Waals surface area (Å²) in [4.78, 5) is 14.9. The van der Waals surface area contributed by atoms with Crippen LogP contribution in [0.5, 0.6) is 0 Å². The van der Waals surface area contributed by atoms with Crippen LogP contribution in [0.4, 0.5) is 11.6 Å². The Balaban J connectivity index is 2.27. The molecule has 6 nitrogen and oxygen atoms in total. The van der Waals surface area contributed by atoms with Crippen LogP contribution in [0.25, 0.3) is 11.0 Å². The second-order valence-corrected chi connectivity index (χ2v) is 6.42. The summed E-state index contributed by atoms with van der Waals surface area (Å²) in [6.45, 7) is 7.63. The molecule has 0 unspecified atom stereocenters. The second kappa shape index (κ2) is 5.81. The molecule has 0 aliphatic rings. The van der Waals surface area contributed by atoms with E-state index >= 15 is 0 Å². The number of nitrogens with zero attached hydrogens (tertiary/aromatic N) is 4. The van der Waals surface area contributed by atoms with Gasteiger partial charge >= 0.3 is 0 Å². The van der Waals surface area contributed by atoms with Gasteiger partial charge in [0.2, 0.25) is 0 Å². The number of hydrogen-bond donors (Lipinski definition) is 2. The first-order valence-electron chi connectivity index (χ1n) is 7.08. The molecular weight excluding hydrogens is 264 g/mol. The van der Waals surface area contributed by atoms with Crippen molar-refractivity contribution in [3.8, 4) is 0 Å². The van der Waals surface area contributed by atoms with E-state index in [1.165, 1.54) is 6.33 Å². The minimum absolute atomic E-state index is 0.0992. The van der Waals surface area contributed by atoms with Crippen LogP contribution in [0.15, 0.2) is 18.5 Å². The van der Waals surface area contributed by atoms with Crippen molar-refractivity contribution in [3.63, 3.8) is 0 Å². The first kappa shape index (κ1) is 15.4. The van der Waals surface area contributed by atoms with Crippen LogP contribution >= 0.6 is 0 Å². The Labute approximate surface area is 125 Å². The third-order valence-electron chi connectivity index (χ3n) is 3.77. The van der Waals surface area contributed by atoms with Gasteiger partial charge < -0.3 is 16.0 Å². The maximum Gasteiger partial charge on any atom is 0.166 e. The molecule has 0 aromatic carbocycles. The highest BCUT2D eigenvalue weighted by atomic mass is 15.1. The van der Waals surface area contributed by atoms with E-state index in [4.69, 9.17) is 5.73 Å². The monoisotopic (exact) mass is 288 g/mol. The molecule has 21 heavy (non-hydrogen) atoms. The average Bonchev–Trinajstić information content (AvgIpc) is 2.37. The highest BCUT2D eigenvalue weighted by molar-refractivity contribution is 5.87. The first-order chi connectivity index (χ1) is 9.79. The fraction of sp³-hybridized carbons (Fsp3) is 0.533. The zero-order chi connectivity index (χ0) is 15.6. The molecule has 0 amide bonds. The minimum atomic E-state index is 0.0992. The van der Waals surface area contributed by atoms with Crippen LogP contribution in [-0.2, 0) is 0 Å². The molecule has 0 bridgehead atoms. The van der Waals surface area contributed by atoms with Crippen LogP contribution < -0.4 is 11.1 Å². The van der Waals surface area contributed by atoms with Gasteiger partial charge in [-0.05, 0) is 38.6 Å². The summed E-state index contributed by atoms with van der Waals surface area (Å²) >= 11 is 0. The molecule has 2 aromatic heterocycles. The normalized spacial score (nSPS) is 13.6. The number of nitrogens with one attached hydrogen (secondary N) is 1. The maximum absolute atomic E-state index is 5.70. The smallest absolute Gasteiger partial charge is 0.166 e. The molecular formula is C15H24N6. The van der Waals surface area contributed by atoms with Gasteiger partial charge in [0.05, 0.1) is 5.39 Å². The molecule has 0 radical (unpaired) electrons. The quantitative estimate of drug-likeness (QED) is 0.876. The number of anilines is 2. The summed E-state index contributed by atoms with van der Waals surface area (Å²) in [7, 11) is 4.17. The van der Waals surface area contributed by atoms with Crippen LogP contribution in [-0.4, -0.2) is 46.5 Å². The van der Waals surface area contributed by atoms with Gasteiger partial charge in [0, 0.05) is 12.6 Å². The van der Waals surface area contributed by atoms with Crippen LogP contribution in [0.2, 0.25) is 0 Å². The Kier molecular flexibility index (Phi) is 4.27. The molecule has 2 heterocycles. The van der Waals surface area contributed by atoms with Crippen LogP contribution in [0.1, 0.15) is 20.8 Å². The van der Waals surface area contributed by atoms with Gasteiger partial charge in [-0.25, -0.2) is 15.0 Å². The number of pyridine rings is 1. The highest BCUT2D eigenvalue weighted by Gasteiger charge is 2.27. The van der Waals surface area contributed by atoms with E-state index in [2.05, 4.69) is 60.0 Å². The lowest BCUT2D eigenvalue weighted by atomic mass is 9.85. The van der Waals surface area contributed by atoms with Crippen molar-refractivity contribution in [1.82, 2.24) is 19.9 Å². The summed E-state index contributed by atoms with van der Waals surface area (Å²) < 4.78 is 0. The van der Waals surface area contributed by atoms with Crippen molar-refractivity contribution in [2.45, 2.75) is 26.8 Å². The lowest BCUT2D eigenvalue weighted by molar-refractivity contribution is 0.217. The summed E-state index contributed by atoms with van der Waals surface area (Å²) in [5.41, 5.74) is 6.42. The first-order valence-corrected chi connectivity index (χ1v) is 7.08. The van der Waals surface area contributed by atoms with Crippen LogP contribution in [0.3, 0.4) is 0 Å². The lowest BCUT2D eigenvalue weighted by Gasteiger charge is -2.35. The second-order valence-electron chi connectivity index (χ2n) is 6.42. The third kappa shape index (κ3) is 3.58. The molecule has 2 rings (SSSR count).